The van der Waals surface area contributed by atoms with E-state index in [4.69, 9.17) is 4.74 Å². The lowest BCUT2D eigenvalue weighted by Gasteiger charge is -2.27. The van der Waals surface area contributed by atoms with Gasteiger partial charge in [0.2, 0.25) is 0 Å². The van der Waals surface area contributed by atoms with E-state index in [2.05, 4.69) is 12.2 Å². The zero-order valence-corrected chi connectivity index (χ0v) is 13.2. The van der Waals surface area contributed by atoms with Gasteiger partial charge in [0.25, 0.3) is 0 Å². The first-order valence-corrected chi connectivity index (χ1v) is 8.17. The van der Waals surface area contributed by atoms with Crippen LogP contribution in [-0.4, -0.2) is 36.7 Å². The van der Waals surface area contributed by atoms with E-state index in [-0.39, 0.29) is 5.97 Å². The van der Waals surface area contributed by atoms with E-state index in [0.717, 1.165) is 19.4 Å². The quantitative estimate of drug-likeness (QED) is 0.464. The van der Waals surface area contributed by atoms with Crippen LogP contribution in [0.25, 0.3) is 0 Å². The second-order valence-corrected chi connectivity index (χ2v) is 6.00. The SMILES string of the molecule is CCCCSCCCCC(C)(NCC)C(=O)OC. The molecule has 0 fully saturated rings. The van der Waals surface area contributed by atoms with Crippen LogP contribution in [0, 0.1) is 0 Å². The van der Waals surface area contributed by atoms with Gasteiger partial charge in [-0.05, 0) is 44.2 Å². The minimum atomic E-state index is -0.516. The summed E-state index contributed by atoms with van der Waals surface area (Å²) in [6.07, 6.45) is 5.67. The summed E-state index contributed by atoms with van der Waals surface area (Å²) < 4.78 is 4.87. The van der Waals surface area contributed by atoms with E-state index in [1.807, 2.05) is 25.6 Å². The van der Waals surface area contributed by atoms with Gasteiger partial charge in [0.1, 0.15) is 5.54 Å². The Bertz CT molecular complexity index is 224. The topological polar surface area (TPSA) is 38.3 Å². The average Bonchev–Trinajstić information content (AvgIpc) is 2.37. The molecule has 0 aliphatic rings. The zero-order valence-electron chi connectivity index (χ0n) is 12.4. The Hall–Kier alpha value is -0.220. The van der Waals surface area contributed by atoms with Crippen molar-refractivity contribution < 1.29 is 9.53 Å². The molecule has 3 nitrogen and oxygen atoms in total. The molecule has 0 spiro atoms. The molecule has 18 heavy (non-hydrogen) atoms. The Morgan fingerprint density at radius 3 is 2.44 bits per heavy atom. The third kappa shape index (κ3) is 7.27. The van der Waals surface area contributed by atoms with Gasteiger partial charge in [-0.25, -0.2) is 0 Å². The molecule has 0 aromatic carbocycles. The van der Waals surface area contributed by atoms with Crippen molar-refractivity contribution in [3.63, 3.8) is 0 Å². The molecular formula is C14H29NO2S. The van der Waals surface area contributed by atoms with Crippen LogP contribution in [-0.2, 0) is 9.53 Å². The highest BCUT2D eigenvalue weighted by Crippen LogP contribution is 2.17. The molecule has 0 aromatic heterocycles. The van der Waals surface area contributed by atoms with E-state index in [0.29, 0.717) is 0 Å². The molecule has 108 valence electrons. The third-order valence-electron chi connectivity index (χ3n) is 3.06. The predicted molar refractivity (Wildman–Crippen MR) is 80.2 cm³/mol. The number of methoxy groups -OCH3 is 1. The minimum absolute atomic E-state index is 0.150. The van der Waals surface area contributed by atoms with Crippen molar-refractivity contribution in [2.24, 2.45) is 0 Å². The van der Waals surface area contributed by atoms with E-state index in [1.165, 1.54) is 37.9 Å². The van der Waals surface area contributed by atoms with Crippen molar-refractivity contribution in [2.45, 2.75) is 58.4 Å². The molecule has 0 heterocycles. The molecule has 1 N–H and O–H groups in total. The van der Waals surface area contributed by atoms with Crippen LogP contribution in [0.4, 0.5) is 0 Å². The summed E-state index contributed by atoms with van der Waals surface area (Å²) in [6, 6.07) is 0. The van der Waals surface area contributed by atoms with Crippen molar-refractivity contribution in [1.29, 1.82) is 0 Å². The smallest absolute Gasteiger partial charge is 0.325 e. The molecule has 0 saturated heterocycles. The van der Waals surface area contributed by atoms with Gasteiger partial charge in [-0.2, -0.15) is 11.8 Å². The molecule has 0 aromatic rings. The average molecular weight is 275 g/mol. The highest BCUT2D eigenvalue weighted by molar-refractivity contribution is 7.99. The highest BCUT2D eigenvalue weighted by atomic mass is 32.2. The Kier molecular flexibility index (Phi) is 10.5. The molecule has 4 heteroatoms. The summed E-state index contributed by atoms with van der Waals surface area (Å²) in [5.74, 6) is 2.31. The van der Waals surface area contributed by atoms with E-state index >= 15 is 0 Å². The number of ether oxygens (including phenoxy) is 1. The molecule has 0 saturated carbocycles. The number of hydrogen-bond donors (Lipinski definition) is 1. The molecule has 0 radical (unpaired) electrons. The van der Waals surface area contributed by atoms with Gasteiger partial charge < -0.3 is 10.1 Å². The number of esters is 1. The van der Waals surface area contributed by atoms with E-state index in [9.17, 15) is 4.79 Å². The number of nitrogens with one attached hydrogen (secondary N) is 1. The lowest BCUT2D eigenvalue weighted by atomic mass is 9.95. The maximum absolute atomic E-state index is 11.7. The number of unbranched alkanes of at least 4 members (excludes halogenated alkanes) is 2. The Morgan fingerprint density at radius 1 is 1.22 bits per heavy atom. The zero-order chi connectivity index (χ0) is 13.9. The summed E-state index contributed by atoms with van der Waals surface area (Å²) in [5, 5.41) is 3.24. The second kappa shape index (κ2) is 10.7. The lowest BCUT2D eigenvalue weighted by Crippen LogP contribution is -2.50. The predicted octanol–water partition coefficient (Wildman–Crippen LogP) is 3.23. The first kappa shape index (κ1) is 17.8. The summed E-state index contributed by atoms with van der Waals surface area (Å²) in [6.45, 7) is 6.96. The van der Waals surface area contributed by atoms with Crippen LogP contribution in [0.1, 0.15) is 52.9 Å². The number of carbonyl (C=O) groups is 1. The standard InChI is InChI=1S/C14H29NO2S/c1-5-7-11-18-12-9-8-10-14(3,15-6-2)13(16)17-4/h15H,5-12H2,1-4H3. The monoisotopic (exact) mass is 275 g/mol. The molecule has 1 atom stereocenters. The van der Waals surface area contributed by atoms with E-state index in [1.54, 1.807) is 0 Å². The van der Waals surface area contributed by atoms with Gasteiger partial charge in [-0.15, -0.1) is 0 Å². The van der Waals surface area contributed by atoms with Crippen LogP contribution in [0.15, 0.2) is 0 Å². The summed E-state index contributed by atoms with van der Waals surface area (Å²) in [4.78, 5) is 11.7. The minimum Gasteiger partial charge on any atom is -0.468 e. The van der Waals surface area contributed by atoms with Gasteiger partial charge in [0, 0.05) is 0 Å². The van der Waals surface area contributed by atoms with Crippen LogP contribution in [0.2, 0.25) is 0 Å². The van der Waals surface area contributed by atoms with Crippen molar-refractivity contribution >= 4 is 17.7 Å². The first-order chi connectivity index (χ1) is 8.60. The highest BCUT2D eigenvalue weighted by Gasteiger charge is 2.32. The fourth-order valence-electron chi connectivity index (χ4n) is 1.91. The van der Waals surface area contributed by atoms with Crippen LogP contribution in [0.3, 0.4) is 0 Å². The molecular weight excluding hydrogens is 246 g/mol. The normalized spacial score (nSPS) is 14.2. The largest absolute Gasteiger partial charge is 0.468 e. The summed E-state index contributed by atoms with van der Waals surface area (Å²) in [5.41, 5.74) is -0.516. The van der Waals surface area contributed by atoms with Gasteiger partial charge in [0.05, 0.1) is 7.11 Å². The molecule has 0 aliphatic heterocycles. The van der Waals surface area contributed by atoms with Crippen molar-refractivity contribution in [1.82, 2.24) is 5.32 Å². The van der Waals surface area contributed by atoms with Gasteiger partial charge in [-0.1, -0.05) is 26.7 Å². The summed E-state index contributed by atoms with van der Waals surface area (Å²) in [7, 11) is 1.46. The maximum atomic E-state index is 11.7. The van der Waals surface area contributed by atoms with Crippen LogP contribution in [0.5, 0.6) is 0 Å². The molecule has 0 amide bonds. The van der Waals surface area contributed by atoms with Crippen LogP contribution >= 0.6 is 11.8 Å². The van der Waals surface area contributed by atoms with Crippen molar-refractivity contribution in [3.8, 4) is 0 Å². The number of hydrogen-bond acceptors (Lipinski definition) is 4. The van der Waals surface area contributed by atoms with E-state index < -0.39 is 5.54 Å². The number of carbonyl (C=O) groups excluding carboxylic acids is 1. The van der Waals surface area contributed by atoms with Crippen molar-refractivity contribution in [3.05, 3.63) is 0 Å². The number of rotatable bonds is 11. The second-order valence-electron chi connectivity index (χ2n) is 4.78. The first-order valence-electron chi connectivity index (χ1n) is 7.02. The molecule has 1 unspecified atom stereocenters. The Labute approximate surface area is 116 Å². The molecule has 0 aliphatic carbocycles. The third-order valence-corrected chi connectivity index (χ3v) is 4.22. The molecule has 0 bridgehead atoms. The number of thioether (sulfide) groups is 1. The fourth-order valence-corrected chi connectivity index (χ4v) is 3.01. The lowest BCUT2D eigenvalue weighted by molar-refractivity contribution is -0.148. The summed E-state index contributed by atoms with van der Waals surface area (Å²) >= 11 is 2.02. The van der Waals surface area contributed by atoms with Gasteiger partial charge in [0.15, 0.2) is 0 Å². The van der Waals surface area contributed by atoms with Gasteiger partial charge in [-0.3, -0.25) is 4.79 Å². The fraction of sp³-hybridized carbons (Fsp3) is 0.929. The van der Waals surface area contributed by atoms with Gasteiger partial charge >= 0.3 is 5.97 Å². The number of likely N-dealkylation sites (N-methyl/N-ethyl adjacent to an activating group) is 1. The van der Waals surface area contributed by atoms with Crippen molar-refractivity contribution in [2.75, 3.05) is 25.2 Å². The van der Waals surface area contributed by atoms with Crippen LogP contribution < -0.4 is 5.32 Å². The molecule has 0 rings (SSSR count). The Morgan fingerprint density at radius 2 is 1.89 bits per heavy atom. The maximum Gasteiger partial charge on any atom is 0.325 e. The Balaban J connectivity index is 3.80.